The molecule has 18 heavy (non-hydrogen) atoms. The van der Waals surface area contributed by atoms with Crippen molar-refractivity contribution in [3.8, 4) is 0 Å². The van der Waals surface area contributed by atoms with E-state index in [1.807, 2.05) is 0 Å². The van der Waals surface area contributed by atoms with Crippen LogP contribution in [0.15, 0.2) is 0 Å². The zero-order valence-electron chi connectivity index (χ0n) is 10.6. The molecule has 0 fully saturated rings. The molecule has 0 rings (SSSR count). The lowest BCUT2D eigenvalue weighted by molar-refractivity contribution is 0.0208. The number of hydrogen-bond donors (Lipinski definition) is 0. The van der Waals surface area contributed by atoms with Gasteiger partial charge in [-0.05, 0) is 34.6 Å². The van der Waals surface area contributed by atoms with Crippen LogP contribution in [0.25, 0.3) is 0 Å². The van der Waals surface area contributed by atoms with Crippen LogP contribution >= 0.6 is 0 Å². The fraction of sp³-hybridized carbons (Fsp3) is 1.00. The Hall–Kier alpha value is -0.320. The van der Waals surface area contributed by atoms with Crippen molar-refractivity contribution in [1.82, 2.24) is 0 Å². The van der Waals surface area contributed by atoms with Crippen molar-refractivity contribution in [3.63, 3.8) is 0 Å². The average molecular weight is 310 g/mol. The molecule has 0 saturated heterocycles. The van der Waals surface area contributed by atoms with Gasteiger partial charge >= 0.3 is 20.2 Å². The van der Waals surface area contributed by atoms with Crippen LogP contribution in [0.3, 0.4) is 0 Å². The summed E-state index contributed by atoms with van der Waals surface area (Å²) in [6.45, 7) is 3.74. The van der Waals surface area contributed by atoms with E-state index < -0.39 is 36.5 Å². The molecule has 0 heterocycles. The lowest BCUT2D eigenvalue weighted by Gasteiger charge is -2.21. The summed E-state index contributed by atoms with van der Waals surface area (Å²) in [5, 5.41) is -5.47. The van der Waals surface area contributed by atoms with Crippen LogP contribution in [0.4, 0.5) is 8.78 Å². The molecule has 0 aliphatic heterocycles. The molecule has 0 aromatic heterocycles. The van der Waals surface area contributed by atoms with Crippen LogP contribution in [-0.4, -0.2) is 33.1 Å². The van der Waals surface area contributed by atoms with E-state index in [4.69, 9.17) is 0 Å². The van der Waals surface area contributed by atoms with E-state index in [1.165, 1.54) is 0 Å². The SMILES string of the molecule is CC(OS(=O)(=O)C(C)(C)F)OS(=O)(=O)C(C)(C)F. The molecule has 0 saturated carbocycles. The van der Waals surface area contributed by atoms with Gasteiger partial charge in [-0.25, -0.2) is 17.1 Å². The van der Waals surface area contributed by atoms with Crippen LogP contribution in [0.1, 0.15) is 34.6 Å². The van der Waals surface area contributed by atoms with Crippen molar-refractivity contribution in [2.45, 2.75) is 50.9 Å². The van der Waals surface area contributed by atoms with Crippen LogP contribution in [0.5, 0.6) is 0 Å². The third-order valence-electron chi connectivity index (χ3n) is 1.71. The second-order valence-electron chi connectivity index (χ2n) is 4.40. The van der Waals surface area contributed by atoms with Crippen LogP contribution in [0, 0.1) is 0 Å². The van der Waals surface area contributed by atoms with Crippen molar-refractivity contribution < 1.29 is 34.0 Å². The smallest absolute Gasteiger partial charge is 0.235 e. The molecule has 0 aliphatic carbocycles. The normalized spacial score (nSPS) is 15.1. The summed E-state index contributed by atoms with van der Waals surface area (Å²) in [7, 11) is -9.39. The van der Waals surface area contributed by atoms with Gasteiger partial charge in [0.15, 0.2) is 6.29 Å². The van der Waals surface area contributed by atoms with Gasteiger partial charge in [0.1, 0.15) is 0 Å². The minimum Gasteiger partial charge on any atom is -0.235 e. The van der Waals surface area contributed by atoms with E-state index in [9.17, 15) is 25.6 Å². The van der Waals surface area contributed by atoms with Gasteiger partial charge in [-0.15, -0.1) is 0 Å². The minimum absolute atomic E-state index is 0.711. The molecule has 0 atom stereocenters. The Kier molecular flexibility index (Phi) is 4.90. The number of rotatable bonds is 6. The highest BCUT2D eigenvalue weighted by atomic mass is 32.2. The zero-order valence-corrected chi connectivity index (χ0v) is 12.2. The molecule has 6 nitrogen and oxygen atoms in total. The molecule has 0 bridgehead atoms. The number of alkyl halides is 2. The molecule has 10 heteroatoms. The maximum absolute atomic E-state index is 13.2. The van der Waals surface area contributed by atoms with Gasteiger partial charge in [-0.1, -0.05) is 0 Å². The summed E-state index contributed by atoms with van der Waals surface area (Å²) < 4.78 is 79.7. The summed E-state index contributed by atoms with van der Waals surface area (Å²) in [4.78, 5) is 0. The minimum atomic E-state index is -4.69. The van der Waals surface area contributed by atoms with Crippen molar-refractivity contribution >= 4 is 20.2 Å². The van der Waals surface area contributed by atoms with Gasteiger partial charge in [-0.3, -0.25) is 0 Å². The first-order chi connectivity index (χ1) is 7.60. The predicted octanol–water partition coefficient (Wildman–Crippen LogP) is 1.44. The second kappa shape index (κ2) is 4.99. The lowest BCUT2D eigenvalue weighted by atomic mass is 10.5. The van der Waals surface area contributed by atoms with Gasteiger partial charge < -0.3 is 0 Å². The van der Waals surface area contributed by atoms with Crippen LogP contribution in [0.2, 0.25) is 0 Å². The molecule has 0 aliphatic rings. The van der Waals surface area contributed by atoms with E-state index in [2.05, 4.69) is 8.37 Å². The van der Waals surface area contributed by atoms with Crippen LogP contribution < -0.4 is 0 Å². The maximum atomic E-state index is 13.2. The van der Waals surface area contributed by atoms with Gasteiger partial charge in [0.2, 0.25) is 10.0 Å². The van der Waals surface area contributed by atoms with Gasteiger partial charge in [0.05, 0.1) is 0 Å². The van der Waals surface area contributed by atoms with E-state index in [-0.39, 0.29) is 0 Å². The fourth-order valence-electron chi connectivity index (χ4n) is 0.602. The predicted molar refractivity (Wildman–Crippen MR) is 59.8 cm³/mol. The van der Waals surface area contributed by atoms with E-state index in [0.29, 0.717) is 27.7 Å². The van der Waals surface area contributed by atoms with Gasteiger partial charge in [-0.2, -0.15) is 16.8 Å². The Morgan fingerprint density at radius 3 is 1.22 bits per heavy atom. The van der Waals surface area contributed by atoms with E-state index in [1.54, 1.807) is 0 Å². The summed E-state index contributed by atoms with van der Waals surface area (Å²) >= 11 is 0. The van der Waals surface area contributed by atoms with Crippen molar-refractivity contribution in [2.75, 3.05) is 0 Å². The Bertz CT molecular complexity index is 437. The average Bonchev–Trinajstić information content (AvgIpc) is 1.95. The third kappa shape index (κ3) is 4.41. The van der Waals surface area contributed by atoms with Crippen molar-refractivity contribution in [1.29, 1.82) is 0 Å². The highest BCUT2D eigenvalue weighted by Gasteiger charge is 2.41. The standard InChI is InChI=1S/C8H16F2O6S2/c1-6(15-17(11,12)7(2,3)9)16-18(13,14)8(4,5)10/h6H,1-5H3. The fourth-order valence-corrected chi connectivity index (χ4v) is 1.90. The third-order valence-corrected chi connectivity index (χ3v) is 5.14. The Labute approximate surface area is 106 Å². The van der Waals surface area contributed by atoms with E-state index >= 15 is 0 Å². The second-order valence-corrected chi connectivity index (χ2v) is 8.54. The first kappa shape index (κ1) is 17.7. The van der Waals surface area contributed by atoms with Gasteiger partial charge in [0, 0.05) is 0 Å². The zero-order chi connectivity index (χ0) is 15.0. The lowest BCUT2D eigenvalue weighted by Crippen LogP contribution is -2.36. The Morgan fingerprint density at radius 2 is 1.06 bits per heavy atom. The summed E-state index contributed by atoms with van der Waals surface area (Å²) in [6.07, 6.45) is -1.87. The molecule has 0 radical (unpaired) electrons. The number of halogens is 2. The highest BCUT2D eigenvalue weighted by Crippen LogP contribution is 2.25. The molecule has 0 amide bonds. The Balaban J connectivity index is 4.92. The van der Waals surface area contributed by atoms with Gasteiger partial charge in [0.25, 0.3) is 0 Å². The highest BCUT2D eigenvalue weighted by molar-refractivity contribution is 7.88. The maximum Gasteiger partial charge on any atom is 0.304 e. The quantitative estimate of drug-likeness (QED) is 0.545. The Morgan fingerprint density at radius 1 is 0.833 bits per heavy atom. The summed E-state index contributed by atoms with van der Waals surface area (Å²) in [5.74, 6) is 0. The molecular formula is C8H16F2O6S2. The molecular weight excluding hydrogens is 294 g/mol. The van der Waals surface area contributed by atoms with Crippen molar-refractivity contribution in [2.24, 2.45) is 0 Å². The largest absolute Gasteiger partial charge is 0.304 e. The molecule has 110 valence electrons. The molecule has 0 spiro atoms. The summed E-state index contributed by atoms with van der Waals surface area (Å²) in [6, 6.07) is 0. The van der Waals surface area contributed by atoms with Crippen LogP contribution in [-0.2, 0) is 28.6 Å². The van der Waals surface area contributed by atoms with Crippen molar-refractivity contribution in [3.05, 3.63) is 0 Å². The first-order valence-corrected chi connectivity index (χ1v) is 7.65. The van der Waals surface area contributed by atoms with E-state index in [0.717, 1.165) is 6.92 Å². The summed E-state index contributed by atoms with van der Waals surface area (Å²) in [5.41, 5.74) is 0. The number of hydrogen-bond acceptors (Lipinski definition) is 6. The molecule has 0 N–H and O–H groups in total. The topological polar surface area (TPSA) is 86.7 Å². The monoisotopic (exact) mass is 310 g/mol. The first-order valence-electron chi connectivity index (χ1n) is 4.83. The molecule has 0 unspecified atom stereocenters. The molecule has 0 aromatic carbocycles. The molecule has 0 aromatic rings.